The molecule has 0 atom stereocenters. The molecule has 0 aliphatic heterocycles. The SMILES string of the molecule is CCc1cn(C)c2ncc(C)c(C)c12. The Labute approximate surface area is 84.6 Å². The highest BCUT2D eigenvalue weighted by Crippen LogP contribution is 2.24. The van der Waals surface area contributed by atoms with Crippen LogP contribution < -0.4 is 0 Å². The monoisotopic (exact) mass is 188 g/mol. The lowest BCUT2D eigenvalue weighted by Crippen LogP contribution is -1.90. The molecule has 0 unspecified atom stereocenters. The van der Waals surface area contributed by atoms with Gasteiger partial charge in [-0.3, -0.25) is 0 Å². The van der Waals surface area contributed by atoms with Gasteiger partial charge in [-0.2, -0.15) is 0 Å². The topological polar surface area (TPSA) is 17.8 Å². The Morgan fingerprint density at radius 3 is 2.71 bits per heavy atom. The third-order valence-corrected chi connectivity index (χ3v) is 2.96. The summed E-state index contributed by atoms with van der Waals surface area (Å²) in [4.78, 5) is 4.47. The van der Waals surface area contributed by atoms with Crippen molar-refractivity contribution in [3.63, 3.8) is 0 Å². The zero-order valence-electron chi connectivity index (χ0n) is 9.26. The van der Waals surface area contributed by atoms with E-state index in [1.165, 1.54) is 22.1 Å². The summed E-state index contributed by atoms with van der Waals surface area (Å²) in [5.41, 5.74) is 5.15. The molecule has 0 fully saturated rings. The molecule has 2 aromatic heterocycles. The molecule has 0 saturated heterocycles. The first-order chi connectivity index (χ1) is 6.65. The van der Waals surface area contributed by atoms with E-state index in [0.717, 1.165) is 12.1 Å². The fraction of sp³-hybridized carbons (Fsp3) is 0.417. The van der Waals surface area contributed by atoms with E-state index in [0.29, 0.717) is 0 Å². The van der Waals surface area contributed by atoms with Crippen LogP contribution >= 0.6 is 0 Å². The Morgan fingerprint density at radius 2 is 2.07 bits per heavy atom. The second-order valence-corrected chi connectivity index (χ2v) is 3.88. The highest BCUT2D eigenvalue weighted by atomic mass is 15.0. The molecule has 0 saturated carbocycles. The number of nitrogens with zero attached hydrogens (tertiary/aromatic N) is 2. The minimum Gasteiger partial charge on any atom is -0.335 e. The van der Waals surface area contributed by atoms with Gasteiger partial charge in [0.05, 0.1) is 0 Å². The average molecular weight is 188 g/mol. The Morgan fingerprint density at radius 1 is 1.36 bits per heavy atom. The zero-order chi connectivity index (χ0) is 10.3. The lowest BCUT2D eigenvalue weighted by Gasteiger charge is -2.03. The maximum Gasteiger partial charge on any atom is 0.140 e. The smallest absolute Gasteiger partial charge is 0.140 e. The van der Waals surface area contributed by atoms with Crippen LogP contribution in [0.2, 0.25) is 0 Å². The van der Waals surface area contributed by atoms with E-state index >= 15 is 0 Å². The van der Waals surface area contributed by atoms with Gasteiger partial charge in [0.15, 0.2) is 0 Å². The fourth-order valence-corrected chi connectivity index (χ4v) is 1.96. The molecule has 0 N–H and O–H groups in total. The number of aryl methyl sites for hydroxylation is 4. The van der Waals surface area contributed by atoms with Crippen LogP contribution in [0.15, 0.2) is 12.4 Å². The number of pyridine rings is 1. The number of hydrogen-bond acceptors (Lipinski definition) is 1. The molecule has 0 aromatic carbocycles. The predicted molar refractivity (Wildman–Crippen MR) is 59.6 cm³/mol. The number of hydrogen-bond donors (Lipinski definition) is 0. The molecule has 2 heteroatoms. The molecule has 2 nitrogen and oxygen atoms in total. The van der Waals surface area contributed by atoms with Crippen LogP contribution in [0.1, 0.15) is 23.6 Å². The van der Waals surface area contributed by atoms with E-state index in [1.807, 2.05) is 6.20 Å². The minimum absolute atomic E-state index is 1.07. The second kappa shape index (κ2) is 3.12. The van der Waals surface area contributed by atoms with Gasteiger partial charge in [0.1, 0.15) is 5.65 Å². The van der Waals surface area contributed by atoms with Gasteiger partial charge in [-0.25, -0.2) is 4.98 Å². The van der Waals surface area contributed by atoms with Gasteiger partial charge in [0, 0.05) is 24.8 Å². The summed E-state index contributed by atoms with van der Waals surface area (Å²) in [5.74, 6) is 0. The fourth-order valence-electron chi connectivity index (χ4n) is 1.96. The third kappa shape index (κ3) is 1.14. The summed E-state index contributed by atoms with van der Waals surface area (Å²) in [7, 11) is 2.06. The summed E-state index contributed by atoms with van der Waals surface area (Å²) in [6, 6.07) is 0. The first-order valence-electron chi connectivity index (χ1n) is 5.05. The molecule has 0 aliphatic rings. The largest absolute Gasteiger partial charge is 0.335 e. The molecular formula is C12H16N2. The molecule has 2 heterocycles. The Kier molecular flexibility index (Phi) is 2.06. The molecule has 0 bridgehead atoms. The van der Waals surface area contributed by atoms with Crippen LogP contribution in [0.5, 0.6) is 0 Å². The molecule has 2 aromatic rings. The van der Waals surface area contributed by atoms with Crippen molar-refractivity contribution in [1.82, 2.24) is 9.55 Å². The van der Waals surface area contributed by atoms with Crippen molar-refractivity contribution < 1.29 is 0 Å². The Balaban J connectivity index is 2.91. The van der Waals surface area contributed by atoms with E-state index < -0.39 is 0 Å². The van der Waals surface area contributed by atoms with E-state index in [-0.39, 0.29) is 0 Å². The maximum atomic E-state index is 4.47. The highest BCUT2D eigenvalue weighted by molar-refractivity contribution is 5.84. The average Bonchev–Trinajstić information content (AvgIpc) is 2.50. The van der Waals surface area contributed by atoms with Crippen molar-refractivity contribution in [2.75, 3.05) is 0 Å². The van der Waals surface area contributed by atoms with Crippen LogP contribution in [-0.4, -0.2) is 9.55 Å². The van der Waals surface area contributed by atoms with Crippen LogP contribution in [0.4, 0.5) is 0 Å². The lowest BCUT2D eigenvalue weighted by atomic mass is 10.1. The highest BCUT2D eigenvalue weighted by Gasteiger charge is 2.09. The molecule has 0 aliphatic carbocycles. The second-order valence-electron chi connectivity index (χ2n) is 3.88. The van der Waals surface area contributed by atoms with E-state index in [2.05, 4.69) is 43.6 Å². The maximum absolute atomic E-state index is 4.47. The van der Waals surface area contributed by atoms with Crippen molar-refractivity contribution in [2.24, 2.45) is 7.05 Å². The standard InChI is InChI=1S/C12H16N2/c1-5-10-7-14(4)12-11(10)9(3)8(2)6-13-12/h6-7H,5H2,1-4H3. The molecule has 2 rings (SSSR count). The number of fused-ring (bicyclic) bond motifs is 1. The Hall–Kier alpha value is -1.31. The summed E-state index contributed by atoms with van der Waals surface area (Å²) in [5, 5.41) is 1.34. The molecule has 0 amide bonds. The van der Waals surface area contributed by atoms with Crippen LogP contribution in [0.3, 0.4) is 0 Å². The molecule has 0 radical (unpaired) electrons. The summed E-state index contributed by atoms with van der Waals surface area (Å²) in [6.07, 6.45) is 5.21. The zero-order valence-corrected chi connectivity index (χ0v) is 9.26. The van der Waals surface area contributed by atoms with Crippen LogP contribution in [0, 0.1) is 13.8 Å². The Bertz CT molecular complexity index is 481. The van der Waals surface area contributed by atoms with Crippen molar-refractivity contribution in [1.29, 1.82) is 0 Å². The first-order valence-corrected chi connectivity index (χ1v) is 5.05. The van der Waals surface area contributed by atoms with Gasteiger partial charge in [-0.1, -0.05) is 6.92 Å². The van der Waals surface area contributed by atoms with E-state index in [4.69, 9.17) is 0 Å². The van der Waals surface area contributed by atoms with Gasteiger partial charge in [-0.15, -0.1) is 0 Å². The quantitative estimate of drug-likeness (QED) is 0.673. The summed E-state index contributed by atoms with van der Waals surface area (Å²) in [6.45, 7) is 6.49. The molecule has 74 valence electrons. The number of aromatic nitrogens is 2. The van der Waals surface area contributed by atoms with Gasteiger partial charge >= 0.3 is 0 Å². The van der Waals surface area contributed by atoms with Crippen molar-refractivity contribution >= 4 is 11.0 Å². The van der Waals surface area contributed by atoms with Crippen molar-refractivity contribution in [2.45, 2.75) is 27.2 Å². The van der Waals surface area contributed by atoms with Crippen molar-refractivity contribution in [3.05, 3.63) is 29.1 Å². The van der Waals surface area contributed by atoms with Gasteiger partial charge < -0.3 is 4.57 Å². The molecule has 14 heavy (non-hydrogen) atoms. The van der Waals surface area contributed by atoms with E-state index in [9.17, 15) is 0 Å². The first kappa shape index (κ1) is 9.25. The van der Waals surface area contributed by atoms with Gasteiger partial charge in [-0.05, 0) is 37.0 Å². The van der Waals surface area contributed by atoms with Gasteiger partial charge in [0.2, 0.25) is 0 Å². The lowest BCUT2D eigenvalue weighted by molar-refractivity contribution is 0.936. The minimum atomic E-state index is 1.07. The summed E-state index contributed by atoms with van der Waals surface area (Å²) < 4.78 is 2.11. The van der Waals surface area contributed by atoms with Gasteiger partial charge in [0.25, 0.3) is 0 Å². The molecule has 0 spiro atoms. The van der Waals surface area contributed by atoms with Crippen molar-refractivity contribution in [3.8, 4) is 0 Å². The third-order valence-electron chi connectivity index (χ3n) is 2.96. The normalized spacial score (nSPS) is 11.1. The predicted octanol–water partition coefficient (Wildman–Crippen LogP) is 2.75. The number of rotatable bonds is 1. The van der Waals surface area contributed by atoms with Crippen LogP contribution in [-0.2, 0) is 13.5 Å². The molecular weight excluding hydrogens is 172 g/mol. The summed E-state index contributed by atoms with van der Waals surface area (Å²) >= 11 is 0. The van der Waals surface area contributed by atoms with E-state index in [1.54, 1.807) is 0 Å². The van der Waals surface area contributed by atoms with Crippen LogP contribution in [0.25, 0.3) is 11.0 Å².